The van der Waals surface area contributed by atoms with Gasteiger partial charge in [0.25, 0.3) is 0 Å². The van der Waals surface area contributed by atoms with Gasteiger partial charge in [0.1, 0.15) is 11.6 Å². The van der Waals surface area contributed by atoms with Gasteiger partial charge in [0, 0.05) is 39.8 Å². The molecule has 1 aliphatic heterocycles. The lowest BCUT2D eigenvalue weighted by molar-refractivity contribution is 0.0689. The fourth-order valence-corrected chi connectivity index (χ4v) is 2.94. The van der Waals surface area contributed by atoms with E-state index in [1.54, 1.807) is 0 Å². The van der Waals surface area contributed by atoms with Gasteiger partial charge in [-0.25, -0.2) is 0 Å². The number of aliphatic hydroxyl groups excluding tert-OH is 1. The topological polar surface area (TPSA) is 57.4 Å². The van der Waals surface area contributed by atoms with E-state index >= 15 is 0 Å². The second-order valence-electron chi connectivity index (χ2n) is 6.23. The first kappa shape index (κ1) is 16.1. The van der Waals surface area contributed by atoms with Crippen LogP contribution in [0.15, 0.2) is 30.3 Å². The van der Waals surface area contributed by atoms with Gasteiger partial charge < -0.3 is 9.67 Å². The SMILES string of the molecule is Cc1nnc(CN2CCN(C[C@H](O)c3ccccc3)CC2)n1C. The maximum atomic E-state index is 10.3. The van der Waals surface area contributed by atoms with Crippen LogP contribution in [0.1, 0.15) is 23.3 Å². The van der Waals surface area contributed by atoms with Crippen molar-refractivity contribution in [3.05, 3.63) is 47.5 Å². The first-order valence-electron chi connectivity index (χ1n) is 8.16. The Morgan fingerprint density at radius 1 is 1.04 bits per heavy atom. The van der Waals surface area contributed by atoms with Gasteiger partial charge in [0.2, 0.25) is 0 Å². The Labute approximate surface area is 137 Å². The van der Waals surface area contributed by atoms with Crippen molar-refractivity contribution in [1.82, 2.24) is 24.6 Å². The summed E-state index contributed by atoms with van der Waals surface area (Å²) in [4.78, 5) is 4.73. The van der Waals surface area contributed by atoms with Gasteiger partial charge in [0.15, 0.2) is 0 Å². The van der Waals surface area contributed by atoms with E-state index in [1.807, 2.05) is 48.9 Å². The Bertz CT molecular complexity index is 619. The van der Waals surface area contributed by atoms with Crippen LogP contribution in [0.5, 0.6) is 0 Å². The molecule has 0 saturated carbocycles. The molecule has 23 heavy (non-hydrogen) atoms. The summed E-state index contributed by atoms with van der Waals surface area (Å²) < 4.78 is 2.05. The molecule has 3 rings (SSSR count). The molecule has 2 aromatic rings. The molecule has 0 bridgehead atoms. The van der Waals surface area contributed by atoms with Crippen molar-refractivity contribution in [3.8, 4) is 0 Å². The third kappa shape index (κ3) is 3.96. The predicted octanol–water partition coefficient (Wildman–Crippen LogP) is 0.975. The number of nitrogens with zero attached hydrogens (tertiary/aromatic N) is 5. The van der Waals surface area contributed by atoms with Crippen LogP contribution in [-0.2, 0) is 13.6 Å². The smallest absolute Gasteiger partial charge is 0.146 e. The first-order chi connectivity index (χ1) is 11.1. The van der Waals surface area contributed by atoms with E-state index < -0.39 is 6.10 Å². The van der Waals surface area contributed by atoms with Crippen LogP contribution < -0.4 is 0 Å². The largest absolute Gasteiger partial charge is 0.387 e. The minimum absolute atomic E-state index is 0.413. The summed E-state index contributed by atoms with van der Waals surface area (Å²) >= 11 is 0. The standard InChI is InChI=1S/C17H25N5O/c1-14-18-19-17(20(14)2)13-22-10-8-21(9-11-22)12-16(23)15-6-4-3-5-7-15/h3-7,16,23H,8-13H2,1-2H3/t16-/m0/s1. The lowest BCUT2D eigenvalue weighted by Crippen LogP contribution is -2.47. The number of rotatable bonds is 5. The second-order valence-corrected chi connectivity index (χ2v) is 6.23. The van der Waals surface area contributed by atoms with Crippen LogP contribution >= 0.6 is 0 Å². The van der Waals surface area contributed by atoms with Crippen molar-refractivity contribution >= 4 is 0 Å². The van der Waals surface area contributed by atoms with Gasteiger partial charge in [-0.3, -0.25) is 9.80 Å². The average Bonchev–Trinajstić information content (AvgIpc) is 2.89. The van der Waals surface area contributed by atoms with Gasteiger partial charge in [-0.15, -0.1) is 10.2 Å². The molecular formula is C17H25N5O. The van der Waals surface area contributed by atoms with Crippen molar-refractivity contribution in [1.29, 1.82) is 0 Å². The highest BCUT2D eigenvalue weighted by atomic mass is 16.3. The van der Waals surface area contributed by atoms with E-state index in [0.717, 1.165) is 49.9 Å². The Hall–Kier alpha value is -1.76. The second kappa shape index (κ2) is 7.21. The molecular weight excluding hydrogens is 290 g/mol. The molecule has 1 aromatic heterocycles. The van der Waals surface area contributed by atoms with Crippen molar-refractivity contribution in [2.45, 2.75) is 19.6 Å². The molecule has 0 radical (unpaired) electrons. The summed E-state index contributed by atoms with van der Waals surface area (Å²) in [6, 6.07) is 9.89. The van der Waals surface area contributed by atoms with Crippen LogP contribution in [0, 0.1) is 6.92 Å². The van der Waals surface area contributed by atoms with Gasteiger partial charge in [0.05, 0.1) is 12.6 Å². The van der Waals surface area contributed by atoms with E-state index in [2.05, 4.69) is 20.0 Å². The van der Waals surface area contributed by atoms with Crippen LogP contribution in [-0.4, -0.2) is 62.4 Å². The minimum atomic E-state index is -0.413. The Morgan fingerprint density at radius 2 is 1.70 bits per heavy atom. The highest BCUT2D eigenvalue weighted by Crippen LogP contribution is 2.15. The molecule has 1 fully saturated rings. The molecule has 0 unspecified atom stereocenters. The van der Waals surface area contributed by atoms with E-state index in [-0.39, 0.29) is 0 Å². The number of hydrogen-bond acceptors (Lipinski definition) is 5. The zero-order valence-electron chi connectivity index (χ0n) is 13.9. The molecule has 0 spiro atoms. The molecule has 0 aliphatic carbocycles. The predicted molar refractivity (Wildman–Crippen MR) is 88.9 cm³/mol. The van der Waals surface area contributed by atoms with Gasteiger partial charge in [-0.2, -0.15) is 0 Å². The number of hydrogen-bond donors (Lipinski definition) is 1. The number of piperazine rings is 1. The molecule has 6 nitrogen and oxygen atoms in total. The molecule has 2 heterocycles. The molecule has 6 heteroatoms. The number of benzene rings is 1. The molecule has 1 aliphatic rings. The summed E-state index contributed by atoms with van der Waals surface area (Å²) in [5.41, 5.74) is 0.990. The number of aromatic nitrogens is 3. The van der Waals surface area contributed by atoms with Crippen LogP contribution in [0.4, 0.5) is 0 Å². The monoisotopic (exact) mass is 315 g/mol. The summed E-state index contributed by atoms with van der Waals surface area (Å²) in [6.45, 7) is 7.44. The Balaban J connectivity index is 1.48. The van der Waals surface area contributed by atoms with E-state index in [9.17, 15) is 5.11 Å². The third-order valence-electron chi connectivity index (χ3n) is 4.63. The molecule has 1 aromatic carbocycles. The van der Waals surface area contributed by atoms with Crippen molar-refractivity contribution in [2.75, 3.05) is 32.7 Å². The van der Waals surface area contributed by atoms with Crippen molar-refractivity contribution in [2.24, 2.45) is 7.05 Å². The first-order valence-corrected chi connectivity index (χ1v) is 8.16. The molecule has 1 N–H and O–H groups in total. The molecule has 1 saturated heterocycles. The zero-order valence-corrected chi connectivity index (χ0v) is 13.9. The van der Waals surface area contributed by atoms with Gasteiger partial charge in [-0.1, -0.05) is 30.3 Å². The summed E-state index contributed by atoms with van der Waals surface area (Å²) in [7, 11) is 2.01. The quantitative estimate of drug-likeness (QED) is 0.891. The van der Waals surface area contributed by atoms with E-state index in [0.29, 0.717) is 6.54 Å². The maximum Gasteiger partial charge on any atom is 0.146 e. The summed E-state index contributed by atoms with van der Waals surface area (Å²) in [5.74, 6) is 1.96. The minimum Gasteiger partial charge on any atom is -0.387 e. The fraction of sp³-hybridized carbons (Fsp3) is 0.529. The normalized spacial score (nSPS) is 18.2. The third-order valence-corrected chi connectivity index (χ3v) is 4.63. The fourth-order valence-electron chi connectivity index (χ4n) is 2.94. The van der Waals surface area contributed by atoms with Crippen LogP contribution in [0.25, 0.3) is 0 Å². The highest BCUT2D eigenvalue weighted by molar-refractivity contribution is 5.17. The maximum absolute atomic E-state index is 10.3. The number of aliphatic hydroxyl groups is 1. The lowest BCUT2D eigenvalue weighted by Gasteiger charge is -2.35. The Morgan fingerprint density at radius 3 is 2.30 bits per heavy atom. The van der Waals surface area contributed by atoms with Crippen molar-refractivity contribution < 1.29 is 5.11 Å². The average molecular weight is 315 g/mol. The number of aryl methyl sites for hydroxylation is 1. The number of β-amino-alcohol motifs (C(OH)–C–C–N with tert-alkyl or cyclic N) is 1. The van der Waals surface area contributed by atoms with Crippen molar-refractivity contribution in [3.63, 3.8) is 0 Å². The summed E-state index contributed by atoms with van der Waals surface area (Å²) in [5, 5.41) is 18.7. The Kier molecular flexibility index (Phi) is 5.05. The lowest BCUT2D eigenvalue weighted by atomic mass is 10.1. The molecule has 1 atom stereocenters. The van der Waals surface area contributed by atoms with Crippen LogP contribution in [0.2, 0.25) is 0 Å². The summed E-state index contributed by atoms with van der Waals surface area (Å²) in [6.07, 6.45) is -0.413. The molecule has 0 amide bonds. The highest BCUT2D eigenvalue weighted by Gasteiger charge is 2.21. The zero-order chi connectivity index (χ0) is 16.2. The van der Waals surface area contributed by atoms with E-state index in [1.165, 1.54) is 0 Å². The molecule has 124 valence electrons. The van der Waals surface area contributed by atoms with Gasteiger partial charge in [-0.05, 0) is 12.5 Å². The van der Waals surface area contributed by atoms with Gasteiger partial charge >= 0.3 is 0 Å². The van der Waals surface area contributed by atoms with Crippen LogP contribution in [0.3, 0.4) is 0 Å². The van der Waals surface area contributed by atoms with E-state index in [4.69, 9.17) is 0 Å².